The zero-order valence-corrected chi connectivity index (χ0v) is 11.8. The number of hydrogen-bond donors (Lipinski definition) is 2. The summed E-state index contributed by atoms with van der Waals surface area (Å²) in [5.74, 6) is -0.999. The van der Waals surface area contributed by atoms with Crippen molar-refractivity contribution < 1.29 is 24.2 Å². The largest absolute Gasteiger partial charge is 0.480 e. The normalized spacial score (nSPS) is 23.7. The molecule has 0 aromatic rings. The van der Waals surface area contributed by atoms with E-state index >= 15 is 0 Å². The summed E-state index contributed by atoms with van der Waals surface area (Å²) in [6.07, 6.45) is 2.78. The van der Waals surface area contributed by atoms with E-state index in [0.717, 1.165) is 25.7 Å². The summed E-state index contributed by atoms with van der Waals surface area (Å²) in [5.41, 5.74) is -0.545. The van der Waals surface area contributed by atoms with Crippen molar-refractivity contribution in [1.82, 2.24) is 5.32 Å². The number of carboxylic acid groups (broad SMARTS) is 1. The predicted octanol–water partition coefficient (Wildman–Crippen LogP) is 1.92. The van der Waals surface area contributed by atoms with Crippen LogP contribution >= 0.6 is 0 Å². The van der Waals surface area contributed by atoms with Gasteiger partial charge >= 0.3 is 12.1 Å². The Balaban J connectivity index is 2.47. The smallest absolute Gasteiger partial charge is 0.407 e. The van der Waals surface area contributed by atoms with Gasteiger partial charge in [-0.3, -0.25) is 0 Å². The fourth-order valence-corrected chi connectivity index (χ4v) is 2.10. The lowest BCUT2D eigenvalue weighted by molar-refractivity contribution is -0.145. The average Bonchev–Trinajstić information content (AvgIpc) is 2.25. The van der Waals surface area contributed by atoms with Gasteiger partial charge in [0.05, 0.1) is 12.1 Å². The van der Waals surface area contributed by atoms with Crippen molar-refractivity contribution in [3.8, 4) is 0 Å². The Morgan fingerprint density at radius 2 is 1.89 bits per heavy atom. The third kappa shape index (κ3) is 6.42. The van der Waals surface area contributed by atoms with E-state index in [4.69, 9.17) is 14.6 Å². The van der Waals surface area contributed by atoms with Crippen molar-refractivity contribution >= 4 is 12.1 Å². The van der Waals surface area contributed by atoms with Gasteiger partial charge in [0.1, 0.15) is 12.2 Å². The van der Waals surface area contributed by atoms with E-state index in [0.29, 0.717) is 0 Å². The molecule has 0 unspecified atom stereocenters. The van der Waals surface area contributed by atoms with E-state index in [9.17, 15) is 9.59 Å². The number of carboxylic acids is 1. The molecule has 1 aliphatic rings. The van der Waals surface area contributed by atoms with Gasteiger partial charge in [-0.05, 0) is 33.6 Å². The molecule has 6 nitrogen and oxygen atoms in total. The number of carbonyl (C=O) groups is 2. The first-order chi connectivity index (χ1) is 8.78. The van der Waals surface area contributed by atoms with E-state index in [1.54, 1.807) is 20.8 Å². The highest BCUT2D eigenvalue weighted by Gasteiger charge is 2.29. The van der Waals surface area contributed by atoms with Crippen molar-refractivity contribution in [2.45, 2.75) is 64.2 Å². The molecule has 1 aliphatic carbocycles. The standard InChI is InChI=1S/C13H23NO5/c1-13(2,3)19-12(17)14-9-6-4-5-7-10(9)18-8-11(15)16/h9-10H,4-8H2,1-3H3,(H,14,17)(H,15,16)/t9-,10-/m0/s1. The summed E-state index contributed by atoms with van der Waals surface area (Å²) < 4.78 is 10.5. The number of hydrogen-bond acceptors (Lipinski definition) is 4. The molecule has 1 saturated carbocycles. The number of alkyl carbamates (subject to hydrolysis) is 1. The van der Waals surface area contributed by atoms with Crippen LogP contribution in [-0.4, -0.2) is 41.5 Å². The Labute approximate surface area is 113 Å². The molecule has 0 aliphatic heterocycles. The molecule has 0 heterocycles. The number of carbonyl (C=O) groups excluding carboxylic acids is 1. The number of aliphatic carboxylic acids is 1. The Morgan fingerprint density at radius 3 is 2.47 bits per heavy atom. The number of amides is 1. The van der Waals surface area contributed by atoms with Crippen LogP contribution in [-0.2, 0) is 14.3 Å². The van der Waals surface area contributed by atoms with Crippen LogP contribution in [0.4, 0.5) is 4.79 Å². The first kappa shape index (κ1) is 15.8. The second-order valence-electron chi connectivity index (χ2n) is 5.78. The maximum absolute atomic E-state index is 11.7. The maximum Gasteiger partial charge on any atom is 0.407 e. The second kappa shape index (κ2) is 6.75. The monoisotopic (exact) mass is 273 g/mol. The summed E-state index contributed by atoms with van der Waals surface area (Å²) in [4.78, 5) is 22.2. The molecule has 110 valence electrons. The molecule has 0 saturated heterocycles. The van der Waals surface area contributed by atoms with E-state index < -0.39 is 17.7 Å². The van der Waals surface area contributed by atoms with Gasteiger partial charge in [0.2, 0.25) is 0 Å². The van der Waals surface area contributed by atoms with Gasteiger partial charge in [0.25, 0.3) is 0 Å². The number of ether oxygens (including phenoxy) is 2. The van der Waals surface area contributed by atoms with Crippen molar-refractivity contribution in [3.05, 3.63) is 0 Å². The van der Waals surface area contributed by atoms with Gasteiger partial charge < -0.3 is 19.9 Å². The topological polar surface area (TPSA) is 84.9 Å². The molecule has 0 aromatic heterocycles. The van der Waals surface area contributed by atoms with Crippen LogP contribution in [0, 0.1) is 0 Å². The molecule has 2 atom stereocenters. The Bertz CT molecular complexity index is 323. The average molecular weight is 273 g/mol. The van der Waals surface area contributed by atoms with Crippen LogP contribution < -0.4 is 5.32 Å². The highest BCUT2D eigenvalue weighted by Crippen LogP contribution is 2.21. The quantitative estimate of drug-likeness (QED) is 0.817. The van der Waals surface area contributed by atoms with Crippen LogP contribution in [0.2, 0.25) is 0 Å². The van der Waals surface area contributed by atoms with Crippen LogP contribution in [0.5, 0.6) is 0 Å². The van der Waals surface area contributed by atoms with Gasteiger partial charge in [0, 0.05) is 0 Å². The van der Waals surface area contributed by atoms with Crippen molar-refractivity contribution in [3.63, 3.8) is 0 Å². The molecule has 2 N–H and O–H groups in total. The van der Waals surface area contributed by atoms with Crippen LogP contribution in [0.25, 0.3) is 0 Å². The number of rotatable bonds is 4. The highest BCUT2D eigenvalue weighted by molar-refractivity contribution is 5.68. The SMILES string of the molecule is CC(C)(C)OC(=O)N[C@H]1CCCC[C@@H]1OCC(=O)O. The minimum Gasteiger partial charge on any atom is -0.480 e. The molecule has 0 bridgehead atoms. The minimum absolute atomic E-state index is 0.178. The Kier molecular flexibility index (Phi) is 5.60. The fourth-order valence-electron chi connectivity index (χ4n) is 2.10. The summed E-state index contributed by atoms with van der Waals surface area (Å²) in [7, 11) is 0. The summed E-state index contributed by atoms with van der Waals surface area (Å²) in [5, 5.41) is 11.4. The van der Waals surface area contributed by atoms with Crippen molar-refractivity contribution in [2.24, 2.45) is 0 Å². The highest BCUT2D eigenvalue weighted by atomic mass is 16.6. The van der Waals surface area contributed by atoms with Crippen LogP contribution in [0.1, 0.15) is 46.5 Å². The molecule has 6 heteroatoms. The molecular weight excluding hydrogens is 250 g/mol. The van der Waals surface area contributed by atoms with Gasteiger partial charge in [-0.1, -0.05) is 12.8 Å². The zero-order chi connectivity index (χ0) is 14.5. The van der Waals surface area contributed by atoms with Gasteiger partial charge in [-0.15, -0.1) is 0 Å². The number of nitrogens with one attached hydrogen (secondary N) is 1. The maximum atomic E-state index is 11.7. The summed E-state index contributed by atoms with van der Waals surface area (Å²) in [6, 6.07) is -0.178. The van der Waals surface area contributed by atoms with Gasteiger partial charge in [-0.2, -0.15) is 0 Å². The third-order valence-electron chi connectivity index (χ3n) is 2.83. The summed E-state index contributed by atoms with van der Waals surface area (Å²) in [6.45, 7) is 5.06. The Hall–Kier alpha value is -1.30. The molecule has 1 fully saturated rings. The predicted molar refractivity (Wildman–Crippen MR) is 69.0 cm³/mol. The van der Waals surface area contributed by atoms with Gasteiger partial charge in [0.15, 0.2) is 0 Å². The molecular formula is C13H23NO5. The lowest BCUT2D eigenvalue weighted by atomic mass is 9.92. The molecule has 0 spiro atoms. The van der Waals surface area contributed by atoms with E-state index in [-0.39, 0.29) is 18.8 Å². The first-order valence-corrected chi connectivity index (χ1v) is 6.61. The van der Waals surface area contributed by atoms with E-state index in [2.05, 4.69) is 5.32 Å². The van der Waals surface area contributed by atoms with Crippen LogP contribution in [0.15, 0.2) is 0 Å². The third-order valence-corrected chi connectivity index (χ3v) is 2.83. The van der Waals surface area contributed by atoms with Crippen LogP contribution in [0.3, 0.4) is 0 Å². The Morgan fingerprint density at radius 1 is 1.26 bits per heavy atom. The van der Waals surface area contributed by atoms with Gasteiger partial charge in [-0.25, -0.2) is 9.59 Å². The fraction of sp³-hybridized carbons (Fsp3) is 0.846. The zero-order valence-electron chi connectivity index (χ0n) is 11.8. The molecule has 0 radical (unpaired) electrons. The lowest BCUT2D eigenvalue weighted by Crippen LogP contribution is -2.48. The lowest BCUT2D eigenvalue weighted by Gasteiger charge is -2.32. The second-order valence-corrected chi connectivity index (χ2v) is 5.78. The molecule has 0 aromatic carbocycles. The van der Waals surface area contributed by atoms with E-state index in [1.807, 2.05) is 0 Å². The summed E-state index contributed by atoms with van der Waals surface area (Å²) >= 11 is 0. The molecule has 19 heavy (non-hydrogen) atoms. The molecule has 1 amide bonds. The van der Waals surface area contributed by atoms with E-state index in [1.165, 1.54) is 0 Å². The van der Waals surface area contributed by atoms with Crippen molar-refractivity contribution in [1.29, 1.82) is 0 Å². The van der Waals surface area contributed by atoms with Crippen molar-refractivity contribution in [2.75, 3.05) is 6.61 Å². The first-order valence-electron chi connectivity index (χ1n) is 6.61. The molecule has 1 rings (SSSR count). The minimum atomic E-state index is -0.999.